The Kier molecular flexibility index (Phi) is 12.5. The van der Waals surface area contributed by atoms with Crippen LogP contribution in [0.25, 0.3) is 0 Å². The fourth-order valence-electron chi connectivity index (χ4n) is 2.41. The average molecular weight is 364 g/mol. The van der Waals surface area contributed by atoms with Crippen LogP contribution in [0.4, 0.5) is 0 Å². The Labute approximate surface area is 150 Å². The molecule has 23 heavy (non-hydrogen) atoms. The highest BCUT2D eigenvalue weighted by atomic mass is 32.1. The van der Waals surface area contributed by atoms with Crippen LogP contribution in [0.1, 0.15) is 53.4 Å². The van der Waals surface area contributed by atoms with E-state index in [1.165, 1.54) is 0 Å². The molecule has 3 unspecified atom stereocenters. The molecule has 0 aliphatic rings. The maximum Gasteiger partial charge on any atom is 0.336 e. The number of ketones is 1. The molecule has 0 aliphatic carbocycles. The Morgan fingerprint density at radius 2 is 1.87 bits per heavy atom. The smallest absolute Gasteiger partial charge is 0.336 e. The SMILES string of the molecule is CCCC(S)C(C)CC(=O)CC[Si](C)(OC)OCN(CC)CC. The van der Waals surface area contributed by atoms with Crippen LogP contribution >= 0.6 is 12.6 Å². The molecule has 4 nitrogen and oxygen atoms in total. The largest absolute Gasteiger partial charge is 0.398 e. The summed E-state index contributed by atoms with van der Waals surface area (Å²) >= 11 is 4.60. The molecule has 0 rings (SSSR count). The molecule has 0 aromatic carbocycles. The Balaban J connectivity index is 4.29. The van der Waals surface area contributed by atoms with Crippen molar-refractivity contribution in [3.8, 4) is 0 Å². The van der Waals surface area contributed by atoms with Crippen LogP contribution in [0.15, 0.2) is 0 Å². The first-order chi connectivity index (χ1) is 10.8. The van der Waals surface area contributed by atoms with E-state index in [4.69, 9.17) is 8.85 Å². The molecule has 0 aromatic rings. The van der Waals surface area contributed by atoms with Crippen LogP contribution in [0, 0.1) is 5.92 Å². The zero-order chi connectivity index (χ0) is 17.9. The summed E-state index contributed by atoms with van der Waals surface area (Å²) in [6.07, 6.45) is 3.33. The fraction of sp³-hybridized carbons (Fsp3) is 0.941. The number of hydrogen-bond acceptors (Lipinski definition) is 5. The van der Waals surface area contributed by atoms with Crippen molar-refractivity contribution in [2.75, 3.05) is 26.9 Å². The van der Waals surface area contributed by atoms with Crippen LogP contribution < -0.4 is 0 Å². The van der Waals surface area contributed by atoms with Gasteiger partial charge in [-0.15, -0.1) is 0 Å². The molecule has 3 atom stereocenters. The zero-order valence-corrected chi connectivity index (χ0v) is 17.8. The molecule has 0 heterocycles. The number of rotatable bonds is 14. The standard InChI is InChI=1S/C17H37NO3SSi/c1-7-10-17(22)15(4)13-16(19)11-12-23(6,20-5)21-14-18(8-2)9-3/h15,17,22H,7-14H2,1-6H3. The predicted molar refractivity (Wildman–Crippen MR) is 103 cm³/mol. The van der Waals surface area contributed by atoms with Crippen LogP contribution in [0.5, 0.6) is 0 Å². The number of nitrogens with zero attached hydrogens (tertiary/aromatic N) is 1. The molecule has 138 valence electrons. The highest BCUT2D eigenvalue weighted by Crippen LogP contribution is 2.22. The molecule has 6 heteroatoms. The van der Waals surface area contributed by atoms with Gasteiger partial charge in [0.15, 0.2) is 0 Å². The van der Waals surface area contributed by atoms with Crippen molar-refractivity contribution in [2.24, 2.45) is 5.92 Å². The number of Topliss-reactive ketones (excluding diaryl/α,β-unsaturated/α-hetero) is 1. The monoisotopic (exact) mass is 363 g/mol. The molecule has 0 fully saturated rings. The number of carbonyl (C=O) groups excluding carboxylic acids is 1. The summed E-state index contributed by atoms with van der Waals surface area (Å²) in [4.78, 5) is 14.5. The second kappa shape index (κ2) is 12.5. The predicted octanol–water partition coefficient (Wildman–Crippen LogP) is 4.10. The van der Waals surface area contributed by atoms with Gasteiger partial charge in [-0.2, -0.15) is 12.6 Å². The van der Waals surface area contributed by atoms with E-state index in [1.54, 1.807) is 7.11 Å². The second-order valence-corrected chi connectivity index (χ2v) is 10.6. The fourth-order valence-corrected chi connectivity index (χ4v) is 4.43. The van der Waals surface area contributed by atoms with E-state index in [-0.39, 0.29) is 0 Å². The molecule has 0 saturated heterocycles. The van der Waals surface area contributed by atoms with Gasteiger partial charge in [-0.05, 0) is 38.0 Å². The summed E-state index contributed by atoms with van der Waals surface area (Å²) in [6, 6.07) is 0.724. The number of carbonyl (C=O) groups is 1. The van der Waals surface area contributed by atoms with Crippen molar-refractivity contribution < 1.29 is 13.6 Å². The van der Waals surface area contributed by atoms with Gasteiger partial charge in [-0.1, -0.05) is 34.1 Å². The van der Waals surface area contributed by atoms with E-state index in [0.29, 0.717) is 36.5 Å². The number of hydrogen-bond donors (Lipinski definition) is 1. The first-order valence-corrected chi connectivity index (χ1v) is 12.0. The first kappa shape index (κ1) is 23.1. The Morgan fingerprint density at radius 3 is 2.35 bits per heavy atom. The third-order valence-electron chi connectivity index (χ3n) is 4.53. The van der Waals surface area contributed by atoms with Gasteiger partial charge in [0, 0.05) is 25.2 Å². The molecule has 0 amide bonds. The van der Waals surface area contributed by atoms with Gasteiger partial charge in [0.25, 0.3) is 0 Å². The van der Waals surface area contributed by atoms with Crippen molar-refractivity contribution in [3.05, 3.63) is 0 Å². The van der Waals surface area contributed by atoms with Crippen molar-refractivity contribution >= 4 is 27.0 Å². The van der Waals surface area contributed by atoms with E-state index in [2.05, 4.69) is 45.2 Å². The van der Waals surface area contributed by atoms with Gasteiger partial charge >= 0.3 is 8.56 Å². The highest BCUT2D eigenvalue weighted by molar-refractivity contribution is 7.81. The van der Waals surface area contributed by atoms with E-state index in [1.807, 2.05) is 6.55 Å². The summed E-state index contributed by atoms with van der Waals surface area (Å²) < 4.78 is 11.7. The van der Waals surface area contributed by atoms with Crippen LogP contribution in [0.2, 0.25) is 12.6 Å². The molecule has 0 aromatic heterocycles. The Bertz CT molecular complexity index is 329. The van der Waals surface area contributed by atoms with Crippen LogP contribution in [-0.2, 0) is 13.6 Å². The maximum atomic E-state index is 12.2. The summed E-state index contributed by atoms with van der Waals surface area (Å²) in [5.74, 6) is 0.632. The van der Waals surface area contributed by atoms with Gasteiger partial charge in [0.1, 0.15) is 5.78 Å². The van der Waals surface area contributed by atoms with Crippen molar-refractivity contribution in [3.63, 3.8) is 0 Å². The topological polar surface area (TPSA) is 38.8 Å². The minimum Gasteiger partial charge on any atom is -0.398 e. The van der Waals surface area contributed by atoms with Crippen molar-refractivity contribution in [1.29, 1.82) is 0 Å². The van der Waals surface area contributed by atoms with Gasteiger partial charge in [-0.25, -0.2) is 0 Å². The van der Waals surface area contributed by atoms with Gasteiger partial charge in [0.05, 0.1) is 6.73 Å². The van der Waals surface area contributed by atoms with Crippen LogP contribution in [-0.4, -0.2) is 51.4 Å². The number of thiol groups is 1. The Hall–Kier alpha value is 0.117. The van der Waals surface area contributed by atoms with Crippen molar-refractivity contribution in [1.82, 2.24) is 4.90 Å². The third-order valence-corrected chi connectivity index (χ3v) is 8.06. The lowest BCUT2D eigenvalue weighted by Gasteiger charge is -2.29. The van der Waals surface area contributed by atoms with Gasteiger partial charge in [-0.3, -0.25) is 9.69 Å². The van der Waals surface area contributed by atoms with Gasteiger partial charge < -0.3 is 8.85 Å². The highest BCUT2D eigenvalue weighted by Gasteiger charge is 2.31. The minimum absolute atomic E-state index is 0.301. The molecule has 0 radical (unpaired) electrons. The molecule has 0 saturated carbocycles. The quantitative estimate of drug-likeness (QED) is 0.286. The lowest BCUT2D eigenvalue weighted by molar-refractivity contribution is -0.119. The van der Waals surface area contributed by atoms with E-state index in [0.717, 1.165) is 32.0 Å². The summed E-state index contributed by atoms with van der Waals surface area (Å²) in [6.45, 7) is 13.1. The molecular formula is C17H37NO3SSi. The van der Waals surface area contributed by atoms with Crippen molar-refractivity contribution in [2.45, 2.75) is 71.2 Å². The van der Waals surface area contributed by atoms with E-state index >= 15 is 0 Å². The Morgan fingerprint density at radius 1 is 1.26 bits per heavy atom. The summed E-state index contributed by atoms with van der Waals surface area (Å²) in [5, 5.41) is 0.314. The zero-order valence-electron chi connectivity index (χ0n) is 15.9. The first-order valence-electron chi connectivity index (χ1n) is 8.93. The molecule has 0 aliphatic heterocycles. The normalized spacial score (nSPS) is 17.0. The minimum atomic E-state index is -2.26. The lowest BCUT2D eigenvalue weighted by Crippen LogP contribution is -2.42. The summed E-state index contributed by atoms with van der Waals surface area (Å²) in [5.41, 5.74) is 0. The molecule has 0 bridgehead atoms. The lowest BCUT2D eigenvalue weighted by atomic mass is 9.97. The second-order valence-electron chi connectivity index (χ2n) is 6.49. The molecule has 0 spiro atoms. The third kappa shape index (κ3) is 9.87. The van der Waals surface area contributed by atoms with Crippen LogP contribution in [0.3, 0.4) is 0 Å². The van der Waals surface area contributed by atoms with Gasteiger partial charge in [0.2, 0.25) is 0 Å². The van der Waals surface area contributed by atoms with E-state index in [9.17, 15) is 4.79 Å². The maximum absolute atomic E-state index is 12.2. The molecular weight excluding hydrogens is 326 g/mol. The average Bonchev–Trinajstić information content (AvgIpc) is 2.54. The summed E-state index contributed by atoms with van der Waals surface area (Å²) in [7, 11) is -0.556. The molecule has 0 N–H and O–H groups in total. The van der Waals surface area contributed by atoms with E-state index < -0.39 is 8.56 Å².